The molecule has 108 valence electrons. The lowest BCUT2D eigenvalue weighted by Gasteiger charge is -2.17. The van der Waals surface area contributed by atoms with Gasteiger partial charge in [0.1, 0.15) is 5.75 Å². The highest BCUT2D eigenvalue weighted by Crippen LogP contribution is 2.29. The number of rotatable bonds is 7. The summed E-state index contributed by atoms with van der Waals surface area (Å²) < 4.78 is 5.83. The molecule has 0 aliphatic carbocycles. The summed E-state index contributed by atoms with van der Waals surface area (Å²) in [6.45, 7) is 11.6. The van der Waals surface area contributed by atoms with Gasteiger partial charge in [0, 0.05) is 6.04 Å². The van der Waals surface area contributed by atoms with Crippen LogP contribution in [-0.4, -0.2) is 12.6 Å². The molecule has 1 aromatic rings. The smallest absolute Gasteiger partial charge is 0.122 e. The molecule has 19 heavy (non-hydrogen) atoms. The van der Waals surface area contributed by atoms with Gasteiger partial charge in [-0.2, -0.15) is 0 Å². The summed E-state index contributed by atoms with van der Waals surface area (Å²) in [5, 5.41) is 0. The number of nitrogens with two attached hydrogens (primary N) is 1. The van der Waals surface area contributed by atoms with Crippen molar-refractivity contribution in [3.63, 3.8) is 0 Å². The summed E-state index contributed by atoms with van der Waals surface area (Å²) >= 11 is 0. The van der Waals surface area contributed by atoms with Crippen molar-refractivity contribution in [1.82, 2.24) is 0 Å². The molecule has 1 rings (SSSR count). The first kappa shape index (κ1) is 16.0. The summed E-state index contributed by atoms with van der Waals surface area (Å²) in [6, 6.07) is 2.49. The fourth-order valence-corrected chi connectivity index (χ4v) is 2.45. The minimum Gasteiger partial charge on any atom is -0.493 e. The normalized spacial score (nSPS) is 12.5. The minimum atomic E-state index is 0.300. The lowest BCUT2D eigenvalue weighted by Crippen LogP contribution is -2.14. The van der Waals surface area contributed by atoms with Gasteiger partial charge in [-0.25, -0.2) is 0 Å². The third-order valence-corrected chi connectivity index (χ3v) is 3.76. The van der Waals surface area contributed by atoms with Crippen molar-refractivity contribution in [2.24, 2.45) is 5.73 Å². The largest absolute Gasteiger partial charge is 0.493 e. The monoisotopic (exact) mass is 263 g/mol. The van der Waals surface area contributed by atoms with E-state index in [1.54, 1.807) is 0 Å². The predicted molar refractivity (Wildman–Crippen MR) is 83.0 cm³/mol. The van der Waals surface area contributed by atoms with Gasteiger partial charge >= 0.3 is 0 Å². The molecule has 1 aromatic carbocycles. The quantitative estimate of drug-likeness (QED) is 0.805. The molecule has 0 saturated carbocycles. The van der Waals surface area contributed by atoms with E-state index in [2.05, 4.69) is 40.7 Å². The number of hydrogen-bond acceptors (Lipinski definition) is 2. The number of hydrogen-bond donors (Lipinski definition) is 1. The molecule has 0 aliphatic rings. The van der Waals surface area contributed by atoms with Crippen molar-refractivity contribution >= 4 is 0 Å². The average molecular weight is 263 g/mol. The topological polar surface area (TPSA) is 35.2 Å². The van der Waals surface area contributed by atoms with Crippen LogP contribution in [0.15, 0.2) is 6.07 Å². The van der Waals surface area contributed by atoms with E-state index in [1.807, 2.05) is 0 Å². The fourth-order valence-electron chi connectivity index (χ4n) is 2.45. The van der Waals surface area contributed by atoms with Gasteiger partial charge in [-0.1, -0.05) is 6.92 Å². The van der Waals surface area contributed by atoms with Crippen LogP contribution in [-0.2, 0) is 6.42 Å². The maximum Gasteiger partial charge on any atom is 0.122 e. The van der Waals surface area contributed by atoms with Crippen LogP contribution >= 0.6 is 0 Å². The SMILES string of the molecule is CCCOc1cc(C)c(CCCC(C)N)c(C)c1C. The summed E-state index contributed by atoms with van der Waals surface area (Å²) in [5.41, 5.74) is 11.3. The van der Waals surface area contributed by atoms with E-state index in [1.165, 1.54) is 22.3 Å². The van der Waals surface area contributed by atoms with Crippen molar-refractivity contribution in [3.05, 3.63) is 28.3 Å². The fraction of sp³-hybridized carbons (Fsp3) is 0.647. The van der Waals surface area contributed by atoms with Crippen LogP contribution in [0.2, 0.25) is 0 Å². The van der Waals surface area contributed by atoms with Gasteiger partial charge in [-0.15, -0.1) is 0 Å². The van der Waals surface area contributed by atoms with E-state index in [-0.39, 0.29) is 0 Å². The van der Waals surface area contributed by atoms with E-state index in [4.69, 9.17) is 10.5 Å². The second-order valence-electron chi connectivity index (χ2n) is 5.64. The summed E-state index contributed by atoms with van der Waals surface area (Å²) in [4.78, 5) is 0. The van der Waals surface area contributed by atoms with E-state index in [0.29, 0.717) is 6.04 Å². The van der Waals surface area contributed by atoms with Crippen LogP contribution in [0.3, 0.4) is 0 Å². The molecule has 2 heteroatoms. The van der Waals surface area contributed by atoms with Crippen LogP contribution in [0.25, 0.3) is 0 Å². The van der Waals surface area contributed by atoms with Crippen molar-refractivity contribution in [2.75, 3.05) is 6.61 Å². The number of benzene rings is 1. The molecule has 0 bridgehead atoms. The van der Waals surface area contributed by atoms with Crippen molar-refractivity contribution in [1.29, 1.82) is 0 Å². The van der Waals surface area contributed by atoms with Crippen LogP contribution in [0.5, 0.6) is 5.75 Å². The highest BCUT2D eigenvalue weighted by molar-refractivity contribution is 5.48. The maximum atomic E-state index is 5.83. The molecule has 0 saturated heterocycles. The van der Waals surface area contributed by atoms with Gasteiger partial charge in [0.2, 0.25) is 0 Å². The van der Waals surface area contributed by atoms with Gasteiger partial charge in [-0.05, 0) is 81.7 Å². The van der Waals surface area contributed by atoms with Crippen LogP contribution < -0.4 is 10.5 Å². The van der Waals surface area contributed by atoms with E-state index in [9.17, 15) is 0 Å². The third kappa shape index (κ3) is 4.54. The summed E-state index contributed by atoms with van der Waals surface area (Å²) in [7, 11) is 0. The lowest BCUT2D eigenvalue weighted by atomic mass is 9.93. The molecule has 0 heterocycles. The number of aryl methyl sites for hydroxylation is 1. The number of ether oxygens (including phenoxy) is 1. The zero-order valence-electron chi connectivity index (χ0n) is 13.2. The molecule has 2 N–H and O–H groups in total. The molecule has 0 aromatic heterocycles. The highest BCUT2D eigenvalue weighted by atomic mass is 16.5. The Morgan fingerprint density at radius 1 is 1.21 bits per heavy atom. The molecule has 0 spiro atoms. The van der Waals surface area contributed by atoms with E-state index < -0.39 is 0 Å². The lowest BCUT2D eigenvalue weighted by molar-refractivity contribution is 0.314. The molecule has 1 atom stereocenters. The average Bonchev–Trinajstić information content (AvgIpc) is 2.36. The van der Waals surface area contributed by atoms with Gasteiger partial charge in [0.25, 0.3) is 0 Å². The van der Waals surface area contributed by atoms with Gasteiger partial charge in [0.15, 0.2) is 0 Å². The first-order valence-corrected chi connectivity index (χ1v) is 7.45. The molecule has 1 unspecified atom stereocenters. The second kappa shape index (κ2) is 7.54. The maximum absolute atomic E-state index is 5.83. The summed E-state index contributed by atoms with van der Waals surface area (Å²) in [6.07, 6.45) is 4.42. The minimum absolute atomic E-state index is 0.300. The molecule has 0 fully saturated rings. The molecule has 0 radical (unpaired) electrons. The third-order valence-electron chi connectivity index (χ3n) is 3.76. The van der Waals surface area contributed by atoms with Crippen LogP contribution in [0, 0.1) is 20.8 Å². The highest BCUT2D eigenvalue weighted by Gasteiger charge is 2.11. The Balaban J connectivity index is 2.85. The first-order valence-electron chi connectivity index (χ1n) is 7.45. The Kier molecular flexibility index (Phi) is 6.36. The molecule has 0 amide bonds. The van der Waals surface area contributed by atoms with Crippen molar-refractivity contribution < 1.29 is 4.74 Å². The molecule has 2 nitrogen and oxygen atoms in total. The second-order valence-corrected chi connectivity index (χ2v) is 5.64. The van der Waals surface area contributed by atoms with Crippen LogP contribution in [0.4, 0.5) is 0 Å². The molecular formula is C17H29NO. The van der Waals surface area contributed by atoms with E-state index >= 15 is 0 Å². The Morgan fingerprint density at radius 2 is 1.89 bits per heavy atom. The summed E-state index contributed by atoms with van der Waals surface area (Å²) in [5.74, 6) is 1.05. The Hall–Kier alpha value is -1.02. The van der Waals surface area contributed by atoms with E-state index in [0.717, 1.165) is 38.0 Å². The first-order chi connectivity index (χ1) is 8.97. The Bertz CT molecular complexity index is 410. The standard InChI is InChI=1S/C17H29NO/c1-6-10-19-17-11-12(2)16(14(4)15(17)5)9-7-8-13(3)18/h11,13H,6-10,18H2,1-5H3. The van der Waals surface area contributed by atoms with Gasteiger partial charge in [0.05, 0.1) is 6.61 Å². The molecule has 0 aliphatic heterocycles. The zero-order chi connectivity index (χ0) is 14.4. The van der Waals surface area contributed by atoms with Gasteiger partial charge in [-0.3, -0.25) is 0 Å². The molecular weight excluding hydrogens is 234 g/mol. The van der Waals surface area contributed by atoms with Crippen LogP contribution in [0.1, 0.15) is 55.4 Å². The Morgan fingerprint density at radius 3 is 2.47 bits per heavy atom. The Labute approximate surface area is 118 Å². The van der Waals surface area contributed by atoms with Crippen molar-refractivity contribution in [3.8, 4) is 5.75 Å². The zero-order valence-corrected chi connectivity index (χ0v) is 13.2. The predicted octanol–water partition coefficient (Wildman–Crippen LogP) is 4.07. The van der Waals surface area contributed by atoms with Crippen molar-refractivity contribution in [2.45, 2.75) is 66.3 Å². The van der Waals surface area contributed by atoms with Gasteiger partial charge < -0.3 is 10.5 Å².